The van der Waals surface area contributed by atoms with Crippen LogP contribution in [0.25, 0.3) is 0 Å². The van der Waals surface area contributed by atoms with Crippen LogP contribution >= 0.6 is 22.9 Å². The van der Waals surface area contributed by atoms with E-state index in [2.05, 4.69) is 5.10 Å². The largest absolute Gasteiger partial charge is 0.279 e. The minimum atomic E-state index is -3.74. The molecule has 132 valence electrons. The summed E-state index contributed by atoms with van der Waals surface area (Å²) in [6, 6.07) is 19.2. The topological polar surface area (TPSA) is 49.7 Å². The molecule has 1 aliphatic rings. The Balaban J connectivity index is 1.78. The summed E-state index contributed by atoms with van der Waals surface area (Å²) >= 11 is 7.50. The van der Waals surface area contributed by atoms with E-state index in [-0.39, 0.29) is 10.9 Å². The van der Waals surface area contributed by atoms with Crippen molar-refractivity contribution in [2.24, 2.45) is 5.10 Å². The molecule has 0 spiro atoms. The maximum atomic E-state index is 13.2. The Kier molecular flexibility index (Phi) is 4.56. The summed E-state index contributed by atoms with van der Waals surface area (Å²) < 4.78 is 27.6. The van der Waals surface area contributed by atoms with E-state index in [0.29, 0.717) is 11.4 Å². The van der Waals surface area contributed by atoms with Crippen molar-refractivity contribution >= 4 is 38.7 Å². The first-order valence-corrected chi connectivity index (χ1v) is 10.7. The first-order chi connectivity index (χ1) is 12.6. The molecule has 2 aromatic carbocycles. The Morgan fingerprint density at radius 1 is 1.00 bits per heavy atom. The van der Waals surface area contributed by atoms with Crippen LogP contribution in [-0.4, -0.2) is 18.5 Å². The zero-order valence-electron chi connectivity index (χ0n) is 13.6. The second kappa shape index (κ2) is 6.87. The number of hydrogen-bond donors (Lipinski definition) is 0. The molecule has 1 unspecified atom stereocenters. The van der Waals surface area contributed by atoms with Crippen molar-refractivity contribution in [3.63, 3.8) is 0 Å². The fraction of sp³-hybridized carbons (Fsp3) is 0.105. The van der Waals surface area contributed by atoms with Crippen LogP contribution in [0.5, 0.6) is 0 Å². The SMILES string of the molecule is O=S(=O)(c1ccccc1)N1N=C(c2ccc(Cl)cc2)CC1c1cccs1. The summed E-state index contributed by atoms with van der Waals surface area (Å²) in [6.07, 6.45) is 0.522. The zero-order valence-corrected chi connectivity index (χ0v) is 16.0. The lowest BCUT2D eigenvalue weighted by atomic mass is 10.0. The monoisotopic (exact) mass is 402 g/mol. The minimum absolute atomic E-state index is 0.239. The van der Waals surface area contributed by atoms with E-state index < -0.39 is 10.0 Å². The molecule has 1 aliphatic heterocycles. The van der Waals surface area contributed by atoms with E-state index in [9.17, 15) is 8.42 Å². The fourth-order valence-corrected chi connectivity index (χ4v) is 5.37. The highest BCUT2D eigenvalue weighted by Crippen LogP contribution is 2.38. The first kappa shape index (κ1) is 17.3. The van der Waals surface area contributed by atoms with Gasteiger partial charge in [0, 0.05) is 16.3 Å². The molecule has 0 saturated carbocycles. The number of hydrogen-bond acceptors (Lipinski definition) is 4. The molecule has 1 atom stereocenters. The summed E-state index contributed by atoms with van der Waals surface area (Å²) in [4.78, 5) is 1.21. The van der Waals surface area contributed by atoms with Crippen molar-refractivity contribution in [2.75, 3.05) is 0 Å². The lowest BCUT2D eigenvalue weighted by molar-refractivity contribution is 0.375. The standard InChI is InChI=1S/C19H15ClN2O2S2/c20-15-10-8-14(9-11-15)17-13-18(19-7-4-12-25-19)22(21-17)26(23,24)16-5-2-1-3-6-16/h1-12,18H,13H2. The number of benzene rings is 2. The fourth-order valence-electron chi connectivity index (χ4n) is 2.92. The van der Waals surface area contributed by atoms with Crippen molar-refractivity contribution in [1.82, 2.24) is 4.41 Å². The van der Waals surface area contributed by atoms with Crippen LogP contribution in [0.15, 0.2) is 82.1 Å². The average molecular weight is 403 g/mol. The van der Waals surface area contributed by atoms with Crippen LogP contribution in [0.4, 0.5) is 0 Å². The highest BCUT2D eigenvalue weighted by atomic mass is 35.5. The number of nitrogens with zero attached hydrogens (tertiary/aromatic N) is 2. The maximum absolute atomic E-state index is 13.2. The van der Waals surface area contributed by atoms with E-state index in [1.807, 2.05) is 29.6 Å². The van der Waals surface area contributed by atoms with Gasteiger partial charge in [0.15, 0.2) is 0 Å². The molecule has 0 saturated heterocycles. The zero-order chi connectivity index (χ0) is 18.1. The molecule has 0 aliphatic carbocycles. The molecule has 0 radical (unpaired) electrons. The van der Waals surface area contributed by atoms with E-state index in [1.54, 1.807) is 42.5 Å². The van der Waals surface area contributed by atoms with Gasteiger partial charge in [-0.25, -0.2) is 0 Å². The molecule has 2 heterocycles. The van der Waals surface area contributed by atoms with Crippen molar-refractivity contribution in [3.05, 3.63) is 87.6 Å². The van der Waals surface area contributed by atoms with Crippen LogP contribution in [0.2, 0.25) is 5.02 Å². The Morgan fingerprint density at radius 2 is 1.73 bits per heavy atom. The third-order valence-electron chi connectivity index (χ3n) is 4.21. The normalized spacial score (nSPS) is 17.3. The van der Waals surface area contributed by atoms with Crippen LogP contribution in [0, 0.1) is 0 Å². The van der Waals surface area contributed by atoms with Crippen LogP contribution in [0.1, 0.15) is 22.9 Å². The van der Waals surface area contributed by atoms with Crippen molar-refractivity contribution in [3.8, 4) is 0 Å². The van der Waals surface area contributed by atoms with Gasteiger partial charge in [-0.05, 0) is 41.3 Å². The second-order valence-corrected chi connectivity index (χ2v) is 9.09. The summed E-state index contributed by atoms with van der Waals surface area (Å²) in [5.74, 6) is 0. The molecule has 4 nitrogen and oxygen atoms in total. The Morgan fingerprint density at radius 3 is 2.38 bits per heavy atom. The number of thiophene rings is 1. The second-order valence-electron chi connectivity index (χ2n) is 5.88. The van der Waals surface area contributed by atoms with Crippen molar-refractivity contribution in [1.29, 1.82) is 0 Å². The van der Waals surface area contributed by atoms with Crippen LogP contribution < -0.4 is 0 Å². The van der Waals surface area contributed by atoms with Gasteiger partial charge >= 0.3 is 0 Å². The maximum Gasteiger partial charge on any atom is 0.279 e. The first-order valence-electron chi connectivity index (χ1n) is 8.02. The lowest BCUT2D eigenvalue weighted by Gasteiger charge is -2.22. The summed E-state index contributed by atoms with van der Waals surface area (Å²) in [5, 5.41) is 7.08. The van der Waals surface area contributed by atoms with Gasteiger partial charge in [-0.3, -0.25) is 0 Å². The molecule has 0 fully saturated rings. The van der Waals surface area contributed by atoms with E-state index in [4.69, 9.17) is 11.6 Å². The van der Waals surface area contributed by atoms with Gasteiger partial charge in [-0.2, -0.15) is 17.9 Å². The smallest absolute Gasteiger partial charge is 0.200 e. The van der Waals surface area contributed by atoms with Crippen molar-refractivity contribution < 1.29 is 8.42 Å². The molecule has 0 N–H and O–H groups in total. The van der Waals surface area contributed by atoms with E-state index in [1.165, 1.54) is 15.8 Å². The molecule has 0 amide bonds. The quantitative estimate of drug-likeness (QED) is 0.620. The van der Waals surface area contributed by atoms with Gasteiger partial charge in [0.2, 0.25) is 0 Å². The molecule has 26 heavy (non-hydrogen) atoms. The number of sulfonamides is 1. The van der Waals surface area contributed by atoms with Gasteiger partial charge in [-0.15, -0.1) is 11.3 Å². The molecule has 4 rings (SSSR count). The van der Waals surface area contributed by atoms with Gasteiger partial charge in [0.1, 0.15) is 6.04 Å². The number of halogens is 1. The van der Waals surface area contributed by atoms with Crippen LogP contribution in [-0.2, 0) is 10.0 Å². The third-order valence-corrected chi connectivity index (χ3v) is 7.13. The Labute approximate surface area is 161 Å². The van der Waals surface area contributed by atoms with Gasteiger partial charge in [0.25, 0.3) is 10.0 Å². The van der Waals surface area contributed by atoms with Gasteiger partial charge < -0.3 is 0 Å². The van der Waals surface area contributed by atoms with Gasteiger partial charge in [-0.1, -0.05) is 48.0 Å². The van der Waals surface area contributed by atoms with Crippen LogP contribution in [0.3, 0.4) is 0 Å². The molecule has 0 bridgehead atoms. The molecule has 1 aromatic heterocycles. The van der Waals surface area contributed by atoms with Gasteiger partial charge in [0.05, 0.1) is 10.6 Å². The highest BCUT2D eigenvalue weighted by molar-refractivity contribution is 7.89. The molecular weight excluding hydrogens is 388 g/mol. The molecular formula is C19H15ClN2O2S2. The summed E-state index contributed by atoms with van der Waals surface area (Å²) in [6.45, 7) is 0. The summed E-state index contributed by atoms with van der Waals surface area (Å²) in [5.41, 5.74) is 1.61. The highest BCUT2D eigenvalue weighted by Gasteiger charge is 2.38. The Bertz CT molecular complexity index is 1030. The number of rotatable bonds is 4. The molecule has 3 aromatic rings. The average Bonchev–Trinajstić information content (AvgIpc) is 3.33. The van der Waals surface area contributed by atoms with Crippen molar-refractivity contribution in [2.45, 2.75) is 17.4 Å². The minimum Gasteiger partial charge on any atom is -0.200 e. The third kappa shape index (κ3) is 3.16. The predicted molar refractivity (Wildman–Crippen MR) is 105 cm³/mol. The Hall–Kier alpha value is -2.15. The van der Waals surface area contributed by atoms with E-state index >= 15 is 0 Å². The van der Waals surface area contributed by atoms with E-state index in [0.717, 1.165) is 16.2 Å². The summed E-state index contributed by atoms with van der Waals surface area (Å²) in [7, 11) is -3.74. The lowest BCUT2D eigenvalue weighted by Crippen LogP contribution is -2.26. The predicted octanol–water partition coefficient (Wildman–Crippen LogP) is 4.94. The molecule has 7 heteroatoms. The number of hydrazone groups is 1.